The number of likely N-dealkylation sites (tertiary alicyclic amines) is 1. The van der Waals surface area contributed by atoms with Gasteiger partial charge in [-0.3, -0.25) is 15.1 Å². The van der Waals surface area contributed by atoms with Gasteiger partial charge in [0.1, 0.15) is 12.5 Å². The highest BCUT2D eigenvalue weighted by Gasteiger charge is 2.39. The molecule has 3 aromatic rings. The number of fused-ring (bicyclic) bond motifs is 2. The molecule has 168 valence electrons. The lowest BCUT2D eigenvalue weighted by atomic mass is 9.96. The number of amidine groups is 1. The van der Waals surface area contributed by atoms with Crippen molar-refractivity contribution in [3.63, 3.8) is 0 Å². The van der Waals surface area contributed by atoms with Gasteiger partial charge >= 0.3 is 6.03 Å². The zero-order valence-corrected chi connectivity index (χ0v) is 18.7. The van der Waals surface area contributed by atoms with Crippen LogP contribution in [0.3, 0.4) is 0 Å². The van der Waals surface area contributed by atoms with Gasteiger partial charge in [-0.05, 0) is 36.6 Å². The summed E-state index contributed by atoms with van der Waals surface area (Å²) < 4.78 is 1.80. The molecule has 2 atom stereocenters. The van der Waals surface area contributed by atoms with Crippen molar-refractivity contribution < 1.29 is 4.79 Å². The predicted octanol–water partition coefficient (Wildman–Crippen LogP) is 2.81. The van der Waals surface area contributed by atoms with Crippen LogP contribution in [0.4, 0.5) is 10.5 Å². The van der Waals surface area contributed by atoms with Crippen molar-refractivity contribution >= 4 is 23.2 Å². The molecule has 3 aliphatic rings. The zero-order valence-electron chi connectivity index (χ0n) is 18.7. The van der Waals surface area contributed by atoms with E-state index in [1.54, 1.807) is 9.42 Å². The zero-order chi connectivity index (χ0) is 22.5. The van der Waals surface area contributed by atoms with Crippen LogP contribution >= 0.6 is 0 Å². The second-order valence-corrected chi connectivity index (χ2v) is 9.05. The molecule has 1 aromatic carbocycles. The van der Waals surface area contributed by atoms with Crippen molar-refractivity contribution in [1.82, 2.24) is 29.7 Å². The minimum Gasteiger partial charge on any atom is -0.325 e. The number of hydrogen-bond donors (Lipinski definition) is 1. The number of nitrogens with zero attached hydrogens (tertiary/aromatic N) is 7. The number of carbonyl (C=O) groups is 1. The maximum absolute atomic E-state index is 12.9. The van der Waals surface area contributed by atoms with Crippen LogP contribution in [0.15, 0.2) is 65.7 Å². The Morgan fingerprint density at radius 2 is 1.97 bits per heavy atom. The molecule has 9 heteroatoms. The van der Waals surface area contributed by atoms with E-state index in [2.05, 4.69) is 51.2 Å². The Morgan fingerprint density at radius 3 is 2.82 bits per heavy atom. The van der Waals surface area contributed by atoms with Gasteiger partial charge in [0, 0.05) is 37.1 Å². The Bertz CT molecular complexity index is 1260. The number of pyridine rings is 1. The first-order valence-electron chi connectivity index (χ1n) is 11.3. The fourth-order valence-corrected chi connectivity index (χ4v) is 4.96. The van der Waals surface area contributed by atoms with Crippen molar-refractivity contribution in [1.29, 1.82) is 0 Å². The van der Waals surface area contributed by atoms with E-state index in [-0.39, 0.29) is 11.9 Å². The number of aliphatic imine (C=N–C) groups is 1. The van der Waals surface area contributed by atoms with Crippen LogP contribution in [-0.4, -0.2) is 56.0 Å². The quantitative estimate of drug-likeness (QED) is 0.672. The number of anilines is 1. The van der Waals surface area contributed by atoms with E-state index in [1.165, 1.54) is 5.56 Å². The summed E-state index contributed by atoms with van der Waals surface area (Å²) in [5.74, 6) is 2.78. The Labute approximate surface area is 192 Å². The molecule has 0 saturated carbocycles. The lowest BCUT2D eigenvalue weighted by Crippen LogP contribution is -2.49. The van der Waals surface area contributed by atoms with Gasteiger partial charge in [0.25, 0.3) is 0 Å². The summed E-state index contributed by atoms with van der Waals surface area (Å²) in [5.41, 5.74) is 3.11. The van der Waals surface area contributed by atoms with Gasteiger partial charge in [-0.25, -0.2) is 19.3 Å². The monoisotopic (exact) mass is 442 g/mol. The average molecular weight is 443 g/mol. The largest absolute Gasteiger partial charge is 0.329 e. The molecule has 2 unspecified atom stereocenters. The molecule has 9 nitrogen and oxygen atoms in total. The van der Waals surface area contributed by atoms with Gasteiger partial charge in [0.2, 0.25) is 0 Å². The van der Waals surface area contributed by atoms with Crippen molar-refractivity contribution in [2.75, 3.05) is 24.7 Å². The third kappa shape index (κ3) is 3.54. The molecule has 3 aliphatic heterocycles. The summed E-state index contributed by atoms with van der Waals surface area (Å²) in [5, 5.41) is 7.64. The number of aromatic nitrogens is 3. The highest BCUT2D eigenvalue weighted by Crippen LogP contribution is 2.31. The van der Waals surface area contributed by atoms with E-state index in [0.29, 0.717) is 25.0 Å². The summed E-state index contributed by atoms with van der Waals surface area (Å²) in [6.45, 7) is 7.16. The van der Waals surface area contributed by atoms with Crippen LogP contribution in [0.5, 0.6) is 0 Å². The standard InChI is InChI=1S/C24H26N8O/c1-16-7-3-4-8-19(16)30-14-22-26-23(27-24(33)31(22)15-30)18-12-29(11-17(18)2)13-20-25-21-9-5-6-10-32(21)28-20/h3-10,14,17-18H,11-13,15H2,1-2H3,(H,26,27,33). The highest BCUT2D eigenvalue weighted by molar-refractivity contribution is 6.02. The normalized spacial score (nSPS) is 23.0. The van der Waals surface area contributed by atoms with E-state index in [1.807, 2.05) is 42.7 Å². The molecule has 0 bridgehead atoms. The van der Waals surface area contributed by atoms with Crippen molar-refractivity contribution in [2.24, 2.45) is 16.8 Å². The first-order valence-corrected chi connectivity index (χ1v) is 11.3. The number of amides is 2. The van der Waals surface area contributed by atoms with Crippen LogP contribution in [0, 0.1) is 18.8 Å². The number of carbonyl (C=O) groups excluding carboxylic acids is 1. The second kappa shape index (κ2) is 7.70. The summed E-state index contributed by atoms with van der Waals surface area (Å²) in [6.07, 6.45) is 3.88. The molecule has 2 aromatic heterocycles. The lowest BCUT2D eigenvalue weighted by molar-refractivity contribution is 0.216. The molecule has 0 radical (unpaired) electrons. The van der Waals surface area contributed by atoms with Crippen LogP contribution in [0.2, 0.25) is 0 Å². The molecule has 2 amide bonds. The van der Waals surface area contributed by atoms with Gasteiger partial charge < -0.3 is 4.90 Å². The third-order valence-electron chi connectivity index (χ3n) is 6.67. The fourth-order valence-electron chi connectivity index (χ4n) is 4.96. The van der Waals surface area contributed by atoms with Crippen molar-refractivity contribution in [2.45, 2.75) is 20.4 Å². The van der Waals surface area contributed by atoms with E-state index in [9.17, 15) is 4.79 Å². The summed E-state index contributed by atoms with van der Waals surface area (Å²) in [4.78, 5) is 28.5. The average Bonchev–Trinajstić information content (AvgIpc) is 3.50. The van der Waals surface area contributed by atoms with E-state index in [0.717, 1.165) is 36.1 Å². The number of benzene rings is 1. The second-order valence-electron chi connectivity index (χ2n) is 9.05. The van der Waals surface area contributed by atoms with E-state index in [4.69, 9.17) is 4.99 Å². The number of aryl methyl sites for hydroxylation is 1. The Hall–Kier alpha value is -3.72. The Morgan fingerprint density at radius 1 is 1.12 bits per heavy atom. The molecule has 1 saturated heterocycles. The molecule has 0 aliphatic carbocycles. The number of urea groups is 1. The smallest absolute Gasteiger partial charge is 0.325 e. The minimum atomic E-state index is -0.116. The SMILES string of the molecule is Cc1ccccc1N1C=C2N=C(C3CN(Cc4nc5ccccn5n4)CC3C)NC(=O)N2C1. The maximum atomic E-state index is 12.9. The van der Waals surface area contributed by atoms with E-state index < -0.39 is 0 Å². The predicted molar refractivity (Wildman–Crippen MR) is 125 cm³/mol. The molecule has 1 N–H and O–H groups in total. The minimum absolute atomic E-state index is 0.116. The number of para-hydroxylation sites is 1. The van der Waals surface area contributed by atoms with Crippen LogP contribution in [0.25, 0.3) is 5.65 Å². The topological polar surface area (TPSA) is 81.4 Å². The summed E-state index contributed by atoms with van der Waals surface area (Å²) >= 11 is 0. The molecular weight excluding hydrogens is 416 g/mol. The van der Waals surface area contributed by atoms with Crippen LogP contribution in [-0.2, 0) is 6.54 Å². The van der Waals surface area contributed by atoms with Crippen molar-refractivity contribution in [3.05, 3.63) is 72.1 Å². The molecule has 6 rings (SSSR count). The number of nitrogens with one attached hydrogen (secondary N) is 1. The Kier molecular flexibility index (Phi) is 4.65. The molecular formula is C24H26N8O. The lowest BCUT2D eigenvalue weighted by Gasteiger charge is -2.28. The number of hydrogen-bond acceptors (Lipinski definition) is 6. The van der Waals surface area contributed by atoms with Gasteiger partial charge in [-0.15, -0.1) is 5.10 Å². The van der Waals surface area contributed by atoms with Gasteiger partial charge in [0.05, 0.1) is 6.54 Å². The summed E-state index contributed by atoms with van der Waals surface area (Å²) in [6, 6.07) is 13.9. The molecule has 1 fully saturated rings. The van der Waals surface area contributed by atoms with Crippen LogP contribution in [0.1, 0.15) is 18.3 Å². The highest BCUT2D eigenvalue weighted by atomic mass is 16.2. The van der Waals surface area contributed by atoms with Gasteiger partial charge in [-0.2, -0.15) is 0 Å². The first-order chi connectivity index (χ1) is 16.0. The van der Waals surface area contributed by atoms with Crippen LogP contribution < -0.4 is 10.2 Å². The maximum Gasteiger partial charge on any atom is 0.329 e. The van der Waals surface area contributed by atoms with Gasteiger partial charge in [0.15, 0.2) is 17.3 Å². The van der Waals surface area contributed by atoms with E-state index >= 15 is 0 Å². The molecule has 33 heavy (non-hydrogen) atoms. The fraction of sp³-hybridized carbons (Fsp3) is 0.333. The molecule has 5 heterocycles. The molecule has 0 spiro atoms. The first kappa shape index (κ1) is 19.9. The Balaban J connectivity index is 1.21. The summed E-state index contributed by atoms with van der Waals surface area (Å²) in [7, 11) is 0. The van der Waals surface area contributed by atoms with Crippen molar-refractivity contribution in [3.8, 4) is 0 Å². The third-order valence-corrected chi connectivity index (χ3v) is 6.67. The van der Waals surface area contributed by atoms with Gasteiger partial charge in [-0.1, -0.05) is 31.2 Å². The number of rotatable bonds is 4.